The van der Waals surface area contributed by atoms with Gasteiger partial charge in [-0.05, 0) is 37.7 Å². The molecular weight excluding hydrogens is 389 g/mol. The van der Waals surface area contributed by atoms with Crippen LogP contribution in [-0.4, -0.2) is 33.7 Å². The molecule has 0 radical (unpaired) electrons. The minimum Gasteiger partial charge on any atom is -0.370 e. The number of aromatic nitrogens is 2. The molecule has 0 unspecified atom stereocenters. The highest BCUT2D eigenvalue weighted by molar-refractivity contribution is 14.0. The minimum atomic E-state index is 0. The van der Waals surface area contributed by atoms with Crippen LogP contribution in [0.2, 0.25) is 0 Å². The molecule has 1 aliphatic heterocycles. The Morgan fingerprint density at radius 2 is 1.95 bits per heavy atom. The minimum absolute atomic E-state index is 0. The van der Waals surface area contributed by atoms with E-state index in [0.717, 1.165) is 24.7 Å². The third-order valence-electron chi connectivity index (χ3n) is 4.87. The fraction of sp³-hybridized carbons (Fsp3) is 0.750. The van der Waals surface area contributed by atoms with Crippen molar-refractivity contribution in [2.75, 3.05) is 13.1 Å². The molecule has 2 heterocycles. The standard InChI is InChI=1S/C16H27N5.HI/c1-13-6-9-20(10-7-13)16(17)18-12-14-8-11-21(19-14)15-4-2-3-5-15;/h8,11,13,15H,2-7,9-10,12H2,1H3,(H2,17,18);1H. The van der Waals surface area contributed by atoms with Crippen molar-refractivity contribution in [3.8, 4) is 0 Å². The molecule has 3 rings (SSSR count). The van der Waals surface area contributed by atoms with Gasteiger partial charge in [0.1, 0.15) is 0 Å². The lowest BCUT2D eigenvalue weighted by Gasteiger charge is -2.30. The molecule has 124 valence electrons. The van der Waals surface area contributed by atoms with E-state index in [-0.39, 0.29) is 24.0 Å². The zero-order valence-corrected chi connectivity index (χ0v) is 15.8. The highest BCUT2D eigenvalue weighted by Crippen LogP contribution is 2.28. The number of piperidine rings is 1. The average molecular weight is 417 g/mol. The van der Waals surface area contributed by atoms with Crippen molar-refractivity contribution >= 4 is 29.9 Å². The predicted octanol–water partition coefficient (Wildman–Crippen LogP) is 3.16. The summed E-state index contributed by atoms with van der Waals surface area (Å²) in [6, 6.07) is 2.68. The number of hydrogen-bond donors (Lipinski definition) is 1. The molecule has 2 N–H and O–H groups in total. The quantitative estimate of drug-likeness (QED) is 0.467. The normalized spacial score (nSPS) is 21.1. The van der Waals surface area contributed by atoms with Crippen LogP contribution < -0.4 is 5.73 Å². The van der Waals surface area contributed by atoms with Gasteiger partial charge in [-0.15, -0.1) is 24.0 Å². The first-order chi connectivity index (χ1) is 10.2. The van der Waals surface area contributed by atoms with Gasteiger partial charge in [0.2, 0.25) is 0 Å². The summed E-state index contributed by atoms with van der Waals surface area (Å²) in [6.45, 7) is 4.97. The van der Waals surface area contributed by atoms with Gasteiger partial charge in [-0.2, -0.15) is 5.10 Å². The summed E-state index contributed by atoms with van der Waals surface area (Å²) in [5, 5.41) is 4.66. The Morgan fingerprint density at radius 3 is 2.64 bits per heavy atom. The highest BCUT2D eigenvalue weighted by atomic mass is 127. The third-order valence-corrected chi connectivity index (χ3v) is 4.87. The first kappa shape index (κ1) is 17.6. The maximum Gasteiger partial charge on any atom is 0.191 e. The lowest BCUT2D eigenvalue weighted by atomic mass is 10.00. The molecule has 1 aromatic heterocycles. The van der Waals surface area contributed by atoms with E-state index >= 15 is 0 Å². The van der Waals surface area contributed by atoms with Crippen molar-refractivity contribution in [3.63, 3.8) is 0 Å². The molecule has 1 saturated carbocycles. The fourth-order valence-electron chi connectivity index (χ4n) is 3.33. The van der Waals surface area contributed by atoms with Crippen LogP contribution in [0, 0.1) is 5.92 Å². The molecule has 2 aliphatic rings. The number of hydrogen-bond acceptors (Lipinski definition) is 2. The van der Waals surface area contributed by atoms with Crippen LogP contribution in [-0.2, 0) is 6.54 Å². The molecule has 0 aromatic carbocycles. The Balaban J connectivity index is 0.00000176. The molecular formula is C16H28IN5. The monoisotopic (exact) mass is 417 g/mol. The van der Waals surface area contributed by atoms with Gasteiger partial charge >= 0.3 is 0 Å². The summed E-state index contributed by atoms with van der Waals surface area (Å²) < 4.78 is 2.12. The van der Waals surface area contributed by atoms with Crippen LogP contribution in [0.4, 0.5) is 0 Å². The number of nitrogens with two attached hydrogens (primary N) is 1. The lowest BCUT2D eigenvalue weighted by Crippen LogP contribution is -2.42. The van der Waals surface area contributed by atoms with Gasteiger partial charge in [0.25, 0.3) is 0 Å². The van der Waals surface area contributed by atoms with Crippen molar-refractivity contribution in [2.24, 2.45) is 16.6 Å². The van der Waals surface area contributed by atoms with Crippen LogP contribution in [0.15, 0.2) is 17.3 Å². The van der Waals surface area contributed by atoms with Crippen molar-refractivity contribution in [1.82, 2.24) is 14.7 Å². The first-order valence-electron chi connectivity index (χ1n) is 8.31. The van der Waals surface area contributed by atoms with E-state index in [4.69, 9.17) is 5.73 Å². The fourth-order valence-corrected chi connectivity index (χ4v) is 3.33. The number of aliphatic imine (C=N–C) groups is 1. The number of guanidine groups is 1. The molecule has 1 saturated heterocycles. The van der Waals surface area contributed by atoms with Crippen LogP contribution in [0.1, 0.15) is 57.2 Å². The van der Waals surface area contributed by atoms with Crippen molar-refractivity contribution in [2.45, 2.75) is 58.0 Å². The molecule has 5 nitrogen and oxygen atoms in total. The zero-order chi connectivity index (χ0) is 14.7. The van der Waals surface area contributed by atoms with E-state index in [1.54, 1.807) is 0 Å². The van der Waals surface area contributed by atoms with Gasteiger partial charge in [-0.1, -0.05) is 19.8 Å². The number of likely N-dealkylation sites (tertiary alicyclic amines) is 1. The average Bonchev–Trinajstić information content (AvgIpc) is 3.16. The molecule has 6 heteroatoms. The van der Waals surface area contributed by atoms with Crippen molar-refractivity contribution in [3.05, 3.63) is 18.0 Å². The lowest BCUT2D eigenvalue weighted by molar-refractivity contribution is 0.277. The van der Waals surface area contributed by atoms with Crippen molar-refractivity contribution < 1.29 is 0 Å². The summed E-state index contributed by atoms with van der Waals surface area (Å²) in [4.78, 5) is 6.73. The smallest absolute Gasteiger partial charge is 0.191 e. The molecule has 0 spiro atoms. The number of halogens is 1. The molecule has 1 aromatic rings. The van der Waals surface area contributed by atoms with Gasteiger partial charge in [0.15, 0.2) is 5.96 Å². The van der Waals surface area contributed by atoms with E-state index < -0.39 is 0 Å². The maximum atomic E-state index is 6.11. The van der Waals surface area contributed by atoms with Crippen LogP contribution in [0.3, 0.4) is 0 Å². The molecule has 0 amide bonds. The largest absolute Gasteiger partial charge is 0.370 e. The van der Waals surface area contributed by atoms with E-state index in [0.29, 0.717) is 18.5 Å². The van der Waals surface area contributed by atoms with Gasteiger partial charge in [0, 0.05) is 19.3 Å². The molecule has 1 aliphatic carbocycles. The summed E-state index contributed by atoms with van der Waals surface area (Å²) in [5.74, 6) is 1.49. The van der Waals surface area contributed by atoms with Gasteiger partial charge in [-0.3, -0.25) is 4.68 Å². The van der Waals surface area contributed by atoms with Crippen molar-refractivity contribution in [1.29, 1.82) is 0 Å². The Kier molecular flexibility index (Phi) is 6.52. The maximum absolute atomic E-state index is 6.11. The van der Waals surface area contributed by atoms with Crippen LogP contribution >= 0.6 is 24.0 Å². The SMILES string of the molecule is CC1CCN(C(N)=NCc2ccn(C3CCCC3)n2)CC1.I. The van der Waals surface area contributed by atoms with E-state index in [1.807, 2.05) is 0 Å². The zero-order valence-electron chi connectivity index (χ0n) is 13.4. The Labute approximate surface area is 150 Å². The molecule has 0 bridgehead atoms. The first-order valence-corrected chi connectivity index (χ1v) is 8.31. The Bertz CT molecular complexity index is 484. The van der Waals surface area contributed by atoms with E-state index in [2.05, 4.69) is 38.9 Å². The molecule has 0 atom stereocenters. The Hall–Kier alpha value is -0.790. The van der Waals surface area contributed by atoms with E-state index in [9.17, 15) is 0 Å². The molecule has 2 fully saturated rings. The van der Waals surface area contributed by atoms with Crippen LogP contribution in [0.5, 0.6) is 0 Å². The second-order valence-corrected chi connectivity index (χ2v) is 6.57. The van der Waals surface area contributed by atoms with Gasteiger partial charge in [0.05, 0.1) is 18.3 Å². The van der Waals surface area contributed by atoms with Crippen LogP contribution in [0.25, 0.3) is 0 Å². The third kappa shape index (κ3) is 4.36. The summed E-state index contributed by atoms with van der Waals surface area (Å²) in [6.07, 6.45) is 9.71. The summed E-state index contributed by atoms with van der Waals surface area (Å²) >= 11 is 0. The number of nitrogens with zero attached hydrogens (tertiary/aromatic N) is 4. The molecule has 22 heavy (non-hydrogen) atoms. The second kappa shape index (κ2) is 8.17. The summed E-state index contributed by atoms with van der Waals surface area (Å²) in [5.41, 5.74) is 7.14. The Morgan fingerprint density at radius 1 is 1.27 bits per heavy atom. The highest BCUT2D eigenvalue weighted by Gasteiger charge is 2.18. The number of rotatable bonds is 3. The van der Waals surface area contributed by atoms with E-state index in [1.165, 1.54) is 38.5 Å². The topological polar surface area (TPSA) is 59.4 Å². The van der Waals surface area contributed by atoms with Gasteiger partial charge < -0.3 is 10.6 Å². The van der Waals surface area contributed by atoms with Gasteiger partial charge in [-0.25, -0.2) is 4.99 Å². The summed E-state index contributed by atoms with van der Waals surface area (Å²) in [7, 11) is 0. The second-order valence-electron chi connectivity index (χ2n) is 6.57. The predicted molar refractivity (Wildman–Crippen MR) is 100 cm³/mol.